The normalized spacial score (nSPS) is 20.3. The molecule has 80 valence electrons. The van der Waals surface area contributed by atoms with Crippen LogP contribution in [0.5, 0.6) is 0 Å². The lowest BCUT2D eigenvalue weighted by Crippen LogP contribution is -2.16. The van der Waals surface area contributed by atoms with E-state index in [1.54, 1.807) is 22.3 Å². The van der Waals surface area contributed by atoms with Crippen LogP contribution in [0.4, 0.5) is 0 Å². The number of benzene rings is 1. The average Bonchev–Trinajstić information content (AvgIpc) is 2.50. The minimum absolute atomic E-state index is 1.16. The van der Waals surface area contributed by atoms with Gasteiger partial charge in [-0.1, -0.05) is 12.1 Å². The van der Waals surface area contributed by atoms with Gasteiger partial charge in [0.1, 0.15) is 0 Å². The molecule has 2 aliphatic rings. The summed E-state index contributed by atoms with van der Waals surface area (Å²) >= 11 is 0. The molecule has 0 fully saturated rings. The van der Waals surface area contributed by atoms with Gasteiger partial charge >= 0.3 is 0 Å². The predicted octanol–water partition coefficient (Wildman–Crippen LogP) is 2.25. The number of nitrogens with one attached hydrogen (secondary N) is 1. The summed E-state index contributed by atoms with van der Waals surface area (Å²) in [5.41, 5.74) is 6.50. The summed E-state index contributed by atoms with van der Waals surface area (Å²) in [6, 6.07) is 4.99. The maximum Gasteiger partial charge on any atom is -0.000812 e. The van der Waals surface area contributed by atoms with Crippen LogP contribution in [0.2, 0.25) is 0 Å². The monoisotopic (exact) mass is 201 g/mol. The van der Waals surface area contributed by atoms with Crippen LogP contribution in [0.1, 0.15) is 35.1 Å². The van der Waals surface area contributed by atoms with Gasteiger partial charge in [-0.15, -0.1) is 0 Å². The van der Waals surface area contributed by atoms with Gasteiger partial charge in [0, 0.05) is 0 Å². The molecule has 1 aliphatic carbocycles. The minimum Gasteiger partial charge on any atom is -0.316 e. The van der Waals surface area contributed by atoms with E-state index in [4.69, 9.17) is 0 Å². The lowest BCUT2D eigenvalue weighted by Gasteiger charge is -2.18. The van der Waals surface area contributed by atoms with Gasteiger partial charge in [0.25, 0.3) is 0 Å². The highest BCUT2D eigenvalue weighted by atomic mass is 14.8. The molecule has 0 saturated carbocycles. The summed E-state index contributed by atoms with van der Waals surface area (Å²) in [7, 11) is 0. The Morgan fingerprint density at radius 1 is 0.667 bits per heavy atom. The van der Waals surface area contributed by atoms with E-state index in [2.05, 4.69) is 17.4 Å². The van der Waals surface area contributed by atoms with Crippen molar-refractivity contribution in [3.63, 3.8) is 0 Å². The lowest BCUT2D eigenvalue weighted by atomic mass is 9.87. The van der Waals surface area contributed by atoms with E-state index in [1.807, 2.05) is 0 Å². The molecular weight excluding hydrogens is 182 g/mol. The highest BCUT2D eigenvalue weighted by Gasteiger charge is 2.14. The number of hydrogen-bond donors (Lipinski definition) is 1. The first-order chi connectivity index (χ1) is 7.43. The van der Waals surface area contributed by atoms with Crippen molar-refractivity contribution in [2.75, 3.05) is 13.1 Å². The molecule has 0 unspecified atom stereocenters. The predicted molar refractivity (Wildman–Crippen MR) is 63.4 cm³/mol. The summed E-state index contributed by atoms with van der Waals surface area (Å²) < 4.78 is 0. The third-order valence-corrected chi connectivity index (χ3v) is 3.81. The summed E-state index contributed by atoms with van der Waals surface area (Å²) in [5.74, 6) is 0. The summed E-state index contributed by atoms with van der Waals surface area (Å²) in [5, 5.41) is 3.48. The highest BCUT2D eigenvalue weighted by molar-refractivity contribution is 5.40. The molecule has 0 atom stereocenters. The zero-order chi connectivity index (χ0) is 10.1. The van der Waals surface area contributed by atoms with Gasteiger partial charge in [-0.05, 0) is 73.9 Å². The van der Waals surface area contributed by atoms with Crippen molar-refractivity contribution in [2.45, 2.75) is 38.5 Å². The Morgan fingerprint density at radius 2 is 1.13 bits per heavy atom. The van der Waals surface area contributed by atoms with Crippen molar-refractivity contribution in [1.29, 1.82) is 0 Å². The first kappa shape index (κ1) is 9.41. The third kappa shape index (κ3) is 1.81. The minimum atomic E-state index is 1.16. The van der Waals surface area contributed by atoms with Gasteiger partial charge in [-0.3, -0.25) is 0 Å². The van der Waals surface area contributed by atoms with E-state index >= 15 is 0 Å². The van der Waals surface area contributed by atoms with E-state index in [0.717, 1.165) is 13.1 Å². The fourth-order valence-corrected chi connectivity index (χ4v) is 2.92. The van der Waals surface area contributed by atoms with E-state index in [-0.39, 0.29) is 0 Å². The summed E-state index contributed by atoms with van der Waals surface area (Å²) in [4.78, 5) is 0. The highest BCUT2D eigenvalue weighted by Crippen LogP contribution is 2.26. The van der Waals surface area contributed by atoms with Gasteiger partial charge in [0.2, 0.25) is 0 Å². The summed E-state index contributed by atoms with van der Waals surface area (Å²) in [6.45, 7) is 2.32. The second kappa shape index (κ2) is 3.97. The van der Waals surface area contributed by atoms with Gasteiger partial charge < -0.3 is 5.32 Å². The topological polar surface area (TPSA) is 12.0 Å². The number of fused-ring (bicyclic) bond motifs is 2. The van der Waals surface area contributed by atoms with Crippen LogP contribution in [-0.2, 0) is 25.7 Å². The molecule has 0 saturated heterocycles. The Balaban J connectivity index is 2.02. The second-order valence-electron chi connectivity index (χ2n) is 4.85. The van der Waals surface area contributed by atoms with E-state index < -0.39 is 0 Å². The van der Waals surface area contributed by atoms with E-state index in [9.17, 15) is 0 Å². The maximum atomic E-state index is 3.48. The fourth-order valence-electron chi connectivity index (χ4n) is 2.92. The summed E-state index contributed by atoms with van der Waals surface area (Å²) in [6.07, 6.45) is 7.87. The molecule has 0 bridgehead atoms. The van der Waals surface area contributed by atoms with E-state index in [0.29, 0.717) is 0 Å². The van der Waals surface area contributed by atoms with Crippen molar-refractivity contribution in [1.82, 2.24) is 5.32 Å². The van der Waals surface area contributed by atoms with Crippen molar-refractivity contribution in [2.24, 2.45) is 0 Å². The molecule has 1 aromatic carbocycles. The van der Waals surface area contributed by atoms with Crippen molar-refractivity contribution in [3.8, 4) is 0 Å². The van der Waals surface area contributed by atoms with Crippen LogP contribution >= 0.6 is 0 Å². The molecule has 0 radical (unpaired) electrons. The van der Waals surface area contributed by atoms with Crippen molar-refractivity contribution < 1.29 is 0 Å². The van der Waals surface area contributed by atoms with Crippen LogP contribution in [0, 0.1) is 0 Å². The molecule has 1 aliphatic heterocycles. The first-order valence-corrected chi connectivity index (χ1v) is 6.28. The molecule has 1 heteroatoms. The Morgan fingerprint density at radius 3 is 1.67 bits per heavy atom. The Labute approximate surface area is 91.9 Å². The van der Waals surface area contributed by atoms with Crippen LogP contribution in [0.3, 0.4) is 0 Å². The Bertz CT molecular complexity index is 333. The standard InChI is InChI=1S/C14H19N/c1-2-4-12-10-14-6-8-15-7-5-13(14)9-11(12)3-1/h9-10,15H,1-8H2. The lowest BCUT2D eigenvalue weighted by molar-refractivity contribution is 0.683. The number of rotatable bonds is 0. The van der Waals surface area contributed by atoms with Crippen LogP contribution in [0.15, 0.2) is 12.1 Å². The van der Waals surface area contributed by atoms with Crippen LogP contribution in [0.25, 0.3) is 0 Å². The molecule has 1 nitrogen and oxygen atoms in total. The molecule has 1 heterocycles. The van der Waals surface area contributed by atoms with Gasteiger partial charge in [0.05, 0.1) is 0 Å². The molecule has 0 spiro atoms. The van der Waals surface area contributed by atoms with Gasteiger partial charge in [-0.25, -0.2) is 0 Å². The quantitative estimate of drug-likeness (QED) is 0.679. The number of hydrogen-bond acceptors (Lipinski definition) is 1. The molecule has 0 aromatic heterocycles. The van der Waals surface area contributed by atoms with Crippen molar-refractivity contribution >= 4 is 0 Å². The number of aryl methyl sites for hydroxylation is 2. The van der Waals surface area contributed by atoms with Crippen LogP contribution < -0.4 is 5.32 Å². The van der Waals surface area contributed by atoms with Gasteiger partial charge in [0.15, 0.2) is 0 Å². The largest absolute Gasteiger partial charge is 0.316 e. The Kier molecular flexibility index (Phi) is 2.49. The molecular formula is C14H19N. The SMILES string of the molecule is c1c2c(cc3c1CCNCC3)CCCC2. The Hall–Kier alpha value is -0.820. The average molecular weight is 201 g/mol. The van der Waals surface area contributed by atoms with Crippen LogP contribution in [-0.4, -0.2) is 13.1 Å². The maximum absolute atomic E-state index is 3.48. The zero-order valence-electron chi connectivity index (χ0n) is 9.31. The van der Waals surface area contributed by atoms with E-state index in [1.165, 1.54) is 38.5 Å². The molecule has 1 N–H and O–H groups in total. The van der Waals surface area contributed by atoms with Gasteiger partial charge in [-0.2, -0.15) is 0 Å². The first-order valence-electron chi connectivity index (χ1n) is 6.28. The fraction of sp³-hybridized carbons (Fsp3) is 0.571. The third-order valence-electron chi connectivity index (χ3n) is 3.81. The smallest absolute Gasteiger partial charge is 0.000812 e. The molecule has 3 rings (SSSR count). The second-order valence-corrected chi connectivity index (χ2v) is 4.85. The van der Waals surface area contributed by atoms with Crippen molar-refractivity contribution in [3.05, 3.63) is 34.4 Å². The molecule has 1 aromatic rings. The molecule has 0 amide bonds. The molecule has 15 heavy (non-hydrogen) atoms. The zero-order valence-corrected chi connectivity index (χ0v) is 9.31.